The molecular weight excluding hydrogens is 290 g/mol. The van der Waals surface area contributed by atoms with Crippen LogP contribution in [0.3, 0.4) is 0 Å². The summed E-state index contributed by atoms with van der Waals surface area (Å²) in [5.74, 6) is -1.24. The van der Waals surface area contributed by atoms with Crippen LogP contribution >= 0.6 is 0 Å². The molecule has 3 N–H and O–H groups in total. The molecule has 0 saturated carbocycles. The monoisotopic (exact) mass is 329 g/mol. The molecule has 0 bridgehead atoms. The van der Waals surface area contributed by atoms with E-state index >= 15 is 0 Å². The highest BCUT2D eigenvalue weighted by atomic mass is 16.5. The van der Waals surface area contributed by atoms with Crippen molar-refractivity contribution in [1.82, 2.24) is 0 Å². The summed E-state index contributed by atoms with van der Waals surface area (Å²) in [6.45, 7) is 5.45. The first kappa shape index (κ1) is 22.4. The molecule has 0 aromatic rings. The van der Waals surface area contributed by atoms with Crippen LogP contribution in [0.25, 0.3) is 0 Å². The molecule has 0 aromatic heterocycles. The van der Waals surface area contributed by atoms with E-state index in [9.17, 15) is 4.79 Å². The minimum absolute atomic E-state index is 0.297. The molecule has 138 valence electrons. The number of carboxylic acids is 1. The van der Waals surface area contributed by atoms with Crippen LogP contribution in [-0.2, 0) is 9.53 Å². The first-order valence-electron chi connectivity index (χ1n) is 9.65. The molecule has 2 unspecified atom stereocenters. The van der Waals surface area contributed by atoms with E-state index < -0.39 is 11.9 Å². The van der Waals surface area contributed by atoms with Gasteiger partial charge >= 0.3 is 5.97 Å². The van der Waals surface area contributed by atoms with Crippen LogP contribution in [0.2, 0.25) is 0 Å². The van der Waals surface area contributed by atoms with Crippen LogP contribution < -0.4 is 5.73 Å². The second-order valence-electron chi connectivity index (χ2n) is 6.74. The van der Waals surface area contributed by atoms with Crippen molar-refractivity contribution in [2.75, 3.05) is 13.2 Å². The van der Waals surface area contributed by atoms with Crippen LogP contribution in [0, 0.1) is 5.92 Å². The van der Waals surface area contributed by atoms with Gasteiger partial charge in [-0.2, -0.15) is 0 Å². The molecule has 23 heavy (non-hydrogen) atoms. The smallest absolute Gasteiger partial charge is 0.308 e. The number of hydrogen-bond acceptors (Lipinski definition) is 3. The molecule has 0 aromatic carbocycles. The molecule has 0 aliphatic heterocycles. The highest BCUT2D eigenvalue weighted by Gasteiger charge is 2.20. The van der Waals surface area contributed by atoms with Crippen molar-refractivity contribution in [1.29, 1.82) is 0 Å². The zero-order chi connectivity index (χ0) is 17.3. The number of carboxylic acid groups (broad SMARTS) is 1. The zero-order valence-electron chi connectivity index (χ0n) is 15.4. The Morgan fingerprint density at radius 2 is 1.39 bits per heavy atom. The Balaban J connectivity index is 3.23. The lowest BCUT2D eigenvalue weighted by Gasteiger charge is -2.15. The molecule has 0 aliphatic rings. The van der Waals surface area contributed by atoms with Gasteiger partial charge in [0.05, 0.1) is 5.92 Å². The third-order valence-electron chi connectivity index (χ3n) is 4.40. The number of ether oxygens (including phenoxy) is 1. The number of aliphatic carboxylic acids is 1. The van der Waals surface area contributed by atoms with Crippen LogP contribution in [0.15, 0.2) is 0 Å². The summed E-state index contributed by atoms with van der Waals surface area (Å²) in [6, 6.07) is -0.297. The molecule has 4 nitrogen and oxygen atoms in total. The van der Waals surface area contributed by atoms with Crippen molar-refractivity contribution in [3.05, 3.63) is 0 Å². The van der Waals surface area contributed by atoms with E-state index in [1.54, 1.807) is 6.92 Å². The SMILES string of the molecule is CCCCCCCCCCCCOCCCC(C(=O)O)C(C)N. The van der Waals surface area contributed by atoms with Crippen molar-refractivity contribution >= 4 is 5.97 Å². The second kappa shape index (κ2) is 16.3. The Bertz CT molecular complexity index is 269. The molecule has 0 saturated heterocycles. The molecular formula is C19H39NO3. The summed E-state index contributed by atoms with van der Waals surface area (Å²) in [5, 5.41) is 9.03. The van der Waals surface area contributed by atoms with Gasteiger partial charge in [-0.3, -0.25) is 4.79 Å². The molecule has 0 rings (SSSR count). The third-order valence-corrected chi connectivity index (χ3v) is 4.40. The van der Waals surface area contributed by atoms with Gasteiger partial charge in [-0.05, 0) is 26.2 Å². The highest BCUT2D eigenvalue weighted by molar-refractivity contribution is 5.70. The lowest BCUT2D eigenvalue weighted by atomic mass is 9.97. The molecule has 4 heteroatoms. The standard InChI is InChI=1S/C19H39NO3/c1-3-4-5-6-7-8-9-10-11-12-15-23-16-13-14-18(17(2)20)19(21)22/h17-18H,3-16,20H2,1-2H3,(H,21,22). The van der Waals surface area contributed by atoms with Crippen LogP contribution in [0.5, 0.6) is 0 Å². The first-order valence-corrected chi connectivity index (χ1v) is 9.65. The predicted molar refractivity (Wildman–Crippen MR) is 96.7 cm³/mol. The molecule has 0 amide bonds. The van der Waals surface area contributed by atoms with Crippen molar-refractivity contribution in [2.45, 2.75) is 96.9 Å². The molecule has 0 radical (unpaired) electrons. The summed E-state index contributed by atoms with van der Waals surface area (Å²) < 4.78 is 5.58. The fraction of sp³-hybridized carbons (Fsp3) is 0.947. The van der Waals surface area contributed by atoms with Crippen molar-refractivity contribution in [3.8, 4) is 0 Å². The Morgan fingerprint density at radius 1 is 0.913 bits per heavy atom. The number of nitrogens with two attached hydrogens (primary N) is 1. The molecule has 0 aliphatic carbocycles. The van der Waals surface area contributed by atoms with Gasteiger partial charge in [-0.1, -0.05) is 64.7 Å². The summed E-state index contributed by atoms with van der Waals surface area (Å²) in [7, 11) is 0. The Kier molecular flexibility index (Phi) is 15.8. The first-order chi connectivity index (χ1) is 11.1. The normalized spacial score (nSPS) is 13.9. The van der Waals surface area contributed by atoms with Gasteiger partial charge in [0.15, 0.2) is 0 Å². The average molecular weight is 330 g/mol. The fourth-order valence-electron chi connectivity index (χ4n) is 2.81. The van der Waals surface area contributed by atoms with E-state index in [2.05, 4.69) is 6.92 Å². The predicted octanol–water partition coefficient (Wildman–Crippen LogP) is 4.75. The van der Waals surface area contributed by atoms with Gasteiger partial charge in [-0.25, -0.2) is 0 Å². The molecule has 0 heterocycles. The lowest BCUT2D eigenvalue weighted by molar-refractivity contribution is -0.142. The van der Waals surface area contributed by atoms with Crippen molar-refractivity contribution < 1.29 is 14.6 Å². The second-order valence-corrected chi connectivity index (χ2v) is 6.74. The van der Waals surface area contributed by atoms with Crippen LogP contribution in [-0.4, -0.2) is 30.3 Å². The van der Waals surface area contributed by atoms with Gasteiger partial charge in [-0.15, -0.1) is 0 Å². The maximum Gasteiger partial charge on any atom is 0.308 e. The summed E-state index contributed by atoms with van der Waals surface area (Å²) >= 11 is 0. The number of unbranched alkanes of at least 4 members (excludes halogenated alkanes) is 9. The molecule has 0 spiro atoms. The van der Waals surface area contributed by atoms with Crippen LogP contribution in [0.4, 0.5) is 0 Å². The lowest BCUT2D eigenvalue weighted by Crippen LogP contribution is -2.33. The van der Waals surface area contributed by atoms with Gasteiger partial charge in [0.2, 0.25) is 0 Å². The Morgan fingerprint density at radius 3 is 1.87 bits per heavy atom. The number of carbonyl (C=O) groups is 1. The van der Waals surface area contributed by atoms with Crippen LogP contribution in [0.1, 0.15) is 90.9 Å². The largest absolute Gasteiger partial charge is 0.481 e. The van der Waals surface area contributed by atoms with Gasteiger partial charge < -0.3 is 15.6 Å². The van der Waals surface area contributed by atoms with E-state index in [0.717, 1.165) is 19.4 Å². The van der Waals surface area contributed by atoms with E-state index in [1.807, 2.05) is 0 Å². The van der Waals surface area contributed by atoms with Crippen molar-refractivity contribution in [2.24, 2.45) is 11.7 Å². The van der Waals surface area contributed by atoms with Gasteiger partial charge in [0.1, 0.15) is 0 Å². The maximum atomic E-state index is 11.0. The average Bonchev–Trinajstić information content (AvgIpc) is 2.50. The summed E-state index contributed by atoms with van der Waals surface area (Å²) in [4.78, 5) is 11.0. The minimum atomic E-state index is -0.797. The van der Waals surface area contributed by atoms with E-state index in [-0.39, 0.29) is 6.04 Å². The van der Waals surface area contributed by atoms with E-state index in [1.165, 1.54) is 57.8 Å². The maximum absolute atomic E-state index is 11.0. The zero-order valence-corrected chi connectivity index (χ0v) is 15.4. The third kappa shape index (κ3) is 14.7. The van der Waals surface area contributed by atoms with Gasteiger partial charge in [0, 0.05) is 19.3 Å². The highest BCUT2D eigenvalue weighted by Crippen LogP contribution is 2.12. The molecule has 0 fully saturated rings. The Hall–Kier alpha value is -0.610. The summed E-state index contributed by atoms with van der Waals surface area (Å²) in [5.41, 5.74) is 5.67. The minimum Gasteiger partial charge on any atom is -0.481 e. The van der Waals surface area contributed by atoms with Crippen molar-refractivity contribution in [3.63, 3.8) is 0 Å². The topological polar surface area (TPSA) is 72.5 Å². The van der Waals surface area contributed by atoms with Gasteiger partial charge in [0.25, 0.3) is 0 Å². The van der Waals surface area contributed by atoms with E-state index in [0.29, 0.717) is 13.0 Å². The fourth-order valence-corrected chi connectivity index (χ4v) is 2.81. The number of hydrogen-bond donors (Lipinski definition) is 2. The molecule has 2 atom stereocenters. The van der Waals surface area contributed by atoms with E-state index in [4.69, 9.17) is 15.6 Å². The quantitative estimate of drug-likeness (QED) is 0.378. The Labute approximate surface area is 143 Å². The summed E-state index contributed by atoms with van der Waals surface area (Å²) in [6.07, 6.45) is 14.7. The number of rotatable bonds is 17.